The number of fused-ring (bicyclic) bond motifs is 4. The molecule has 0 bridgehead atoms. The van der Waals surface area contributed by atoms with E-state index < -0.39 is 24.0 Å². The summed E-state index contributed by atoms with van der Waals surface area (Å²) in [7, 11) is 0. The number of carbonyl (C=O) groups excluding carboxylic acids is 1. The summed E-state index contributed by atoms with van der Waals surface area (Å²) in [5, 5.41) is 23.6. The zero-order valence-electron chi connectivity index (χ0n) is 20.6. The first-order valence-corrected chi connectivity index (χ1v) is 12.3. The number of phenolic OH excluding ortho intramolecular Hbond substituents is 1. The van der Waals surface area contributed by atoms with Gasteiger partial charge in [-0.1, -0.05) is 0 Å². The minimum absolute atomic E-state index is 0.0172. The number of ether oxygens (including phenoxy) is 1. The molecule has 37 heavy (non-hydrogen) atoms. The highest BCUT2D eigenvalue weighted by Gasteiger charge is 2.27. The number of phenols is 1. The molecule has 1 aliphatic carbocycles. The largest absolute Gasteiger partial charge is 0.508 e. The molecule has 4 N–H and O–H groups in total. The molecule has 0 saturated heterocycles. The SMILES string of the molecule is Cc1cc(O[C@H](C)C(=O)N[C@H](Cc2c[nH]c3ccc(O)cc23)C(=O)O)c2c3c(c(=O)oc2c1)CCCC3. The lowest BCUT2D eigenvalue weighted by atomic mass is 9.90. The van der Waals surface area contributed by atoms with E-state index in [1.54, 1.807) is 37.4 Å². The van der Waals surface area contributed by atoms with Gasteiger partial charge in [-0.3, -0.25) is 4.79 Å². The average Bonchev–Trinajstić information content (AvgIpc) is 3.24. The molecule has 2 atom stereocenters. The summed E-state index contributed by atoms with van der Waals surface area (Å²) in [4.78, 5) is 40.6. The van der Waals surface area contributed by atoms with Crippen molar-refractivity contribution in [3.8, 4) is 11.5 Å². The molecular formula is C28H28N2O7. The van der Waals surface area contributed by atoms with Gasteiger partial charge in [0.05, 0.1) is 5.39 Å². The number of aromatic nitrogens is 1. The Hall–Kier alpha value is -4.27. The normalized spacial score (nSPS) is 14.8. The smallest absolute Gasteiger partial charge is 0.339 e. The highest BCUT2D eigenvalue weighted by molar-refractivity contribution is 5.91. The fraction of sp³-hybridized carbons (Fsp3) is 0.321. The van der Waals surface area contributed by atoms with Gasteiger partial charge in [0.1, 0.15) is 23.1 Å². The minimum Gasteiger partial charge on any atom is -0.508 e. The third-order valence-corrected chi connectivity index (χ3v) is 6.89. The van der Waals surface area contributed by atoms with E-state index in [4.69, 9.17) is 9.15 Å². The first-order chi connectivity index (χ1) is 17.7. The molecule has 1 aliphatic rings. The first kappa shape index (κ1) is 24.4. The average molecular weight is 505 g/mol. The number of hydrogen-bond donors (Lipinski definition) is 4. The van der Waals surface area contributed by atoms with Gasteiger partial charge in [-0.15, -0.1) is 0 Å². The van der Waals surface area contributed by atoms with Crippen LogP contribution in [0.4, 0.5) is 0 Å². The molecule has 0 unspecified atom stereocenters. The fourth-order valence-electron chi connectivity index (χ4n) is 5.05. The molecule has 0 radical (unpaired) electrons. The van der Waals surface area contributed by atoms with Crippen LogP contribution >= 0.6 is 0 Å². The summed E-state index contributed by atoms with van der Waals surface area (Å²) in [5.74, 6) is -1.28. The number of carboxylic acid groups (broad SMARTS) is 1. The maximum absolute atomic E-state index is 13.1. The van der Waals surface area contributed by atoms with Gasteiger partial charge in [0.2, 0.25) is 0 Å². The van der Waals surface area contributed by atoms with Gasteiger partial charge >= 0.3 is 11.6 Å². The van der Waals surface area contributed by atoms with E-state index in [0.717, 1.165) is 35.9 Å². The molecular weight excluding hydrogens is 476 g/mol. The van der Waals surface area contributed by atoms with Crippen LogP contribution < -0.4 is 15.7 Å². The van der Waals surface area contributed by atoms with Crippen LogP contribution in [-0.4, -0.2) is 39.2 Å². The Labute approximate surface area is 212 Å². The van der Waals surface area contributed by atoms with Gasteiger partial charge < -0.3 is 29.7 Å². The minimum atomic E-state index is -1.21. The summed E-state index contributed by atoms with van der Waals surface area (Å²) in [6, 6.07) is 7.16. The zero-order valence-corrected chi connectivity index (χ0v) is 20.6. The van der Waals surface area contributed by atoms with E-state index in [-0.39, 0.29) is 17.8 Å². The number of rotatable bonds is 7. The quantitative estimate of drug-likeness (QED) is 0.281. The van der Waals surface area contributed by atoms with Crippen molar-refractivity contribution in [2.75, 3.05) is 0 Å². The van der Waals surface area contributed by atoms with Gasteiger partial charge in [0.25, 0.3) is 5.91 Å². The van der Waals surface area contributed by atoms with Crippen molar-refractivity contribution < 1.29 is 29.0 Å². The molecule has 1 amide bonds. The Balaban J connectivity index is 1.39. The molecule has 0 fully saturated rings. The molecule has 2 aromatic heterocycles. The van der Waals surface area contributed by atoms with Gasteiger partial charge in [-0.2, -0.15) is 0 Å². The Kier molecular flexibility index (Phi) is 6.37. The predicted molar refractivity (Wildman–Crippen MR) is 137 cm³/mol. The number of aryl methyl sites for hydroxylation is 2. The van der Waals surface area contributed by atoms with E-state index in [1.807, 2.05) is 6.92 Å². The Morgan fingerprint density at radius 3 is 2.68 bits per heavy atom. The van der Waals surface area contributed by atoms with Gasteiger partial charge in [-0.25, -0.2) is 9.59 Å². The zero-order chi connectivity index (χ0) is 26.3. The van der Waals surface area contributed by atoms with Gasteiger partial charge in [0, 0.05) is 29.1 Å². The molecule has 9 heteroatoms. The van der Waals surface area contributed by atoms with Crippen molar-refractivity contribution in [2.24, 2.45) is 0 Å². The summed E-state index contributed by atoms with van der Waals surface area (Å²) < 4.78 is 11.7. The van der Waals surface area contributed by atoms with E-state index in [2.05, 4.69) is 10.3 Å². The highest BCUT2D eigenvalue weighted by atomic mass is 16.5. The Morgan fingerprint density at radius 2 is 1.92 bits per heavy atom. The number of aliphatic carboxylic acids is 1. The van der Waals surface area contributed by atoms with Crippen molar-refractivity contribution in [2.45, 2.75) is 58.1 Å². The number of H-pyrrole nitrogens is 1. The fourth-order valence-corrected chi connectivity index (χ4v) is 5.05. The highest BCUT2D eigenvalue weighted by Crippen LogP contribution is 2.35. The molecule has 0 spiro atoms. The first-order valence-electron chi connectivity index (χ1n) is 12.3. The second-order valence-corrected chi connectivity index (χ2v) is 9.60. The van der Waals surface area contributed by atoms with Crippen molar-refractivity contribution in [3.05, 3.63) is 69.2 Å². The summed E-state index contributed by atoms with van der Waals surface area (Å²) in [6.07, 6.45) is 3.90. The second kappa shape index (κ2) is 9.65. The summed E-state index contributed by atoms with van der Waals surface area (Å²) in [5.41, 5.74) is 3.84. The van der Waals surface area contributed by atoms with Crippen molar-refractivity contribution in [1.29, 1.82) is 0 Å². The number of aromatic amines is 1. The number of nitrogens with one attached hydrogen (secondary N) is 2. The monoisotopic (exact) mass is 504 g/mol. The third kappa shape index (κ3) is 4.76. The van der Waals surface area contributed by atoms with E-state index in [0.29, 0.717) is 39.7 Å². The standard InChI is InChI=1S/C28H28N2O7/c1-14-9-23(25-18-5-3-4-6-19(18)28(35)37-24(25)10-14)36-15(2)26(32)30-22(27(33)34)11-16-13-29-21-8-7-17(31)12-20(16)21/h7-10,12-13,15,22,29,31H,3-6,11H2,1-2H3,(H,30,32)(H,33,34)/t15-,22-/m1/s1. The molecule has 0 aliphatic heterocycles. The van der Waals surface area contributed by atoms with Crippen molar-refractivity contribution in [3.63, 3.8) is 0 Å². The van der Waals surface area contributed by atoms with Crippen LogP contribution in [-0.2, 0) is 28.9 Å². The number of amides is 1. The Bertz CT molecular complexity index is 1580. The number of hydrogen-bond acceptors (Lipinski definition) is 6. The molecule has 192 valence electrons. The van der Waals surface area contributed by atoms with E-state index >= 15 is 0 Å². The Morgan fingerprint density at radius 1 is 1.16 bits per heavy atom. The van der Waals surface area contributed by atoms with Gasteiger partial charge in [0.15, 0.2) is 6.10 Å². The van der Waals surface area contributed by atoms with Gasteiger partial charge in [-0.05, 0) is 86.6 Å². The molecule has 0 saturated carbocycles. The van der Waals surface area contributed by atoms with Crippen LogP contribution in [0.3, 0.4) is 0 Å². The number of benzene rings is 2. The van der Waals surface area contributed by atoms with Crippen LogP contribution in [0.1, 0.15) is 42.0 Å². The maximum atomic E-state index is 13.1. The molecule has 9 nitrogen and oxygen atoms in total. The van der Waals surface area contributed by atoms with Crippen molar-refractivity contribution >= 4 is 33.7 Å². The summed E-state index contributed by atoms with van der Waals surface area (Å²) >= 11 is 0. The second-order valence-electron chi connectivity index (χ2n) is 9.60. The number of carbonyl (C=O) groups is 2. The maximum Gasteiger partial charge on any atom is 0.339 e. The molecule has 4 aromatic rings. The van der Waals surface area contributed by atoms with Crippen LogP contribution in [0, 0.1) is 6.92 Å². The number of aromatic hydroxyl groups is 1. The molecule has 5 rings (SSSR count). The van der Waals surface area contributed by atoms with E-state index in [1.165, 1.54) is 6.07 Å². The van der Waals surface area contributed by atoms with Crippen LogP contribution in [0.2, 0.25) is 0 Å². The third-order valence-electron chi connectivity index (χ3n) is 6.89. The lowest BCUT2D eigenvalue weighted by molar-refractivity contribution is -0.142. The van der Waals surface area contributed by atoms with Crippen LogP contribution in [0.25, 0.3) is 21.9 Å². The molecule has 2 heterocycles. The van der Waals surface area contributed by atoms with Crippen molar-refractivity contribution in [1.82, 2.24) is 10.3 Å². The lowest BCUT2D eigenvalue weighted by Gasteiger charge is -2.22. The van der Waals surface area contributed by atoms with Crippen LogP contribution in [0.15, 0.2) is 45.7 Å². The summed E-state index contributed by atoms with van der Waals surface area (Å²) in [6.45, 7) is 3.40. The lowest BCUT2D eigenvalue weighted by Crippen LogP contribution is -2.47. The van der Waals surface area contributed by atoms with Crippen LogP contribution in [0.5, 0.6) is 11.5 Å². The number of carboxylic acids is 1. The predicted octanol–water partition coefficient (Wildman–Crippen LogP) is 3.75. The topological polar surface area (TPSA) is 142 Å². The van der Waals surface area contributed by atoms with E-state index in [9.17, 15) is 24.6 Å². The molecule has 2 aromatic carbocycles.